The van der Waals surface area contributed by atoms with Gasteiger partial charge in [0.2, 0.25) is 0 Å². The maximum absolute atomic E-state index is 11.3. The summed E-state index contributed by atoms with van der Waals surface area (Å²) in [7, 11) is 0. The van der Waals surface area contributed by atoms with Crippen molar-refractivity contribution in [1.82, 2.24) is 5.32 Å². The van der Waals surface area contributed by atoms with Gasteiger partial charge in [0, 0.05) is 11.9 Å². The second kappa shape index (κ2) is 4.62. The predicted octanol–water partition coefficient (Wildman–Crippen LogP) is 2.65. The first kappa shape index (κ1) is 9.74. The third-order valence-corrected chi connectivity index (χ3v) is 2.87. The Morgan fingerprint density at radius 1 is 1.75 bits per heavy atom. The van der Waals surface area contributed by atoms with Crippen LogP contribution < -0.4 is 5.32 Å². The summed E-state index contributed by atoms with van der Waals surface area (Å²) >= 11 is 4.83. The van der Waals surface area contributed by atoms with E-state index in [1.807, 2.05) is 18.4 Å². The maximum atomic E-state index is 11.3. The van der Waals surface area contributed by atoms with Crippen LogP contribution in [0.4, 0.5) is 0 Å². The van der Waals surface area contributed by atoms with Crippen LogP contribution in [0.25, 0.3) is 0 Å². The highest BCUT2D eigenvalue weighted by molar-refractivity contribution is 9.11. The second-order valence-corrected chi connectivity index (χ2v) is 4.69. The molecule has 1 heterocycles. The van der Waals surface area contributed by atoms with Gasteiger partial charge in [-0.05, 0) is 28.4 Å². The first-order valence-corrected chi connectivity index (χ1v) is 5.43. The Morgan fingerprint density at radius 2 is 2.50 bits per heavy atom. The molecule has 0 aliphatic rings. The number of hydrogen-bond acceptors (Lipinski definition) is 2. The van der Waals surface area contributed by atoms with Crippen LogP contribution in [0.3, 0.4) is 0 Å². The lowest BCUT2D eigenvalue weighted by Gasteiger charge is -1.99. The number of thiophene rings is 1. The zero-order valence-electron chi connectivity index (χ0n) is 6.76. The molecule has 1 N–H and O–H groups in total. The SMILES string of the molecule is CCCNC(=O)c1csc(Br)c1. The topological polar surface area (TPSA) is 29.1 Å². The highest BCUT2D eigenvalue weighted by atomic mass is 79.9. The van der Waals surface area contributed by atoms with Crippen LogP contribution in [0.2, 0.25) is 0 Å². The fourth-order valence-corrected chi connectivity index (χ4v) is 1.91. The Morgan fingerprint density at radius 3 is 3.00 bits per heavy atom. The molecule has 2 nitrogen and oxygen atoms in total. The number of carbonyl (C=O) groups excluding carboxylic acids is 1. The highest BCUT2D eigenvalue weighted by Gasteiger charge is 2.05. The molecule has 0 bridgehead atoms. The van der Waals surface area contributed by atoms with Gasteiger partial charge in [0.25, 0.3) is 5.91 Å². The fraction of sp³-hybridized carbons (Fsp3) is 0.375. The van der Waals surface area contributed by atoms with E-state index in [2.05, 4.69) is 21.2 Å². The molecule has 1 amide bonds. The summed E-state index contributed by atoms with van der Waals surface area (Å²) in [6.45, 7) is 2.77. The molecule has 4 heteroatoms. The van der Waals surface area contributed by atoms with Gasteiger partial charge in [-0.2, -0.15) is 0 Å². The van der Waals surface area contributed by atoms with Crippen molar-refractivity contribution in [2.45, 2.75) is 13.3 Å². The molecule has 0 unspecified atom stereocenters. The monoisotopic (exact) mass is 247 g/mol. The summed E-state index contributed by atoms with van der Waals surface area (Å²) in [5, 5.41) is 4.65. The van der Waals surface area contributed by atoms with Crippen LogP contribution in [0, 0.1) is 0 Å². The van der Waals surface area contributed by atoms with Crippen molar-refractivity contribution in [3.05, 3.63) is 20.8 Å². The summed E-state index contributed by atoms with van der Waals surface area (Å²) in [6, 6.07) is 1.83. The Labute approximate surface area is 84.1 Å². The molecule has 1 rings (SSSR count). The van der Waals surface area contributed by atoms with Crippen molar-refractivity contribution < 1.29 is 4.79 Å². The van der Waals surface area contributed by atoms with Crippen LogP contribution in [0.5, 0.6) is 0 Å². The van der Waals surface area contributed by atoms with Gasteiger partial charge in [0.15, 0.2) is 0 Å². The Bertz CT molecular complexity index is 272. The van der Waals surface area contributed by atoms with E-state index in [0.29, 0.717) is 0 Å². The quantitative estimate of drug-likeness (QED) is 0.875. The van der Waals surface area contributed by atoms with Crippen molar-refractivity contribution in [2.24, 2.45) is 0 Å². The Kier molecular flexibility index (Phi) is 3.75. The van der Waals surface area contributed by atoms with Gasteiger partial charge in [-0.25, -0.2) is 0 Å². The van der Waals surface area contributed by atoms with Crippen molar-refractivity contribution in [3.8, 4) is 0 Å². The number of amides is 1. The largest absolute Gasteiger partial charge is 0.352 e. The van der Waals surface area contributed by atoms with Crippen molar-refractivity contribution in [3.63, 3.8) is 0 Å². The molecule has 66 valence electrons. The van der Waals surface area contributed by atoms with Crippen LogP contribution in [0.1, 0.15) is 23.7 Å². The Balaban J connectivity index is 2.53. The van der Waals surface area contributed by atoms with E-state index in [1.54, 1.807) is 0 Å². The lowest BCUT2D eigenvalue weighted by atomic mass is 10.3. The summed E-state index contributed by atoms with van der Waals surface area (Å²) < 4.78 is 0.990. The molecule has 1 aromatic rings. The van der Waals surface area contributed by atoms with Gasteiger partial charge in [0.05, 0.1) is 9.35 Å². The van der Waals surface area contributed by atoms with Gasteiger partial charge in [-0.15, -0.1) is 11.3 Å². The summed E-state index contributed by atoms with van der Waals surface area (Å²) in [5.74, 6) is 0.0128. The van der Waals surface area contributed by atoms with E-state index in [9.17, 15) is 4.79 Å². The van der Waals surface area contributed by atoms with Gasteiger partial charge in [-0.1, -0.05) is 6.92 Å². The second-order valence-electron chi connectivity index (χ2n) is 2.40. The average molecular weight is 248 g/mol. The molecule has 0 aromatic carbocycles. The normalized spacial score (nSPS) is 9.83. The van der Waals surface area contributed by atoms with Crippen LogP contribution >= 0.6 is 27.3 Å². The third kappa shape index (κ3) is 2.60. The molecule has 0 saturated heterocycles. The lowest BCUT2D eigenvalue weighted by molar-refractivity contribution is 0.0954. The van der Waals surface area contributed by atoms with E-state index in [1.165, 1.54) is 11.3 Å². The van der Waals surface area contributed by atoms with E-state index < -0.39 is 0 Å². The van der Waals surface area contributed by atoms with Crippen molar-refractivity contribution >= 4 is 33.2 Å². The number of hydrogen-bond donors (Lipinski definition) is 1. The molecular formula is C8H10BrNOS. The summed E-state index contributed by atoms with van der Waals surface area (Å²) in [4.78, 5) is 11.3. The minimum absolute atomic E-state index is 0.0128. The molecule has 1 aromatic heterocycles. The smallest absolute Gasteiger partial charge is 0.252 e. The van der Waals surface area contributed by atoms with Crippen molar-refractivity contribution in [1.29, 1.82) is 0 Å². The number of halogens is 1. The molecule has 0 saturated carbocycles. The van der Waals surface area contributed by atoms with Gasteiger partial charge < -0.3 is 5.32 Å². The molecule has 0 spiro atoms. The van der Waals surface area contributed by atoms with E-state index in [4.69, 9.17) is 0 Å². The predicted molar refractivity (Wildman–Crippen MR) is 54.6 cm³/mol. The zero-order chi connectivity index (χ0) is 8.97. The molecule has 0 radical (unpaired) electrons. The molecule has 0 fully saturated rings. The Hall–Kier alpha value is -0.350. The highest BCUT2D eigenvalue weighted by Crippen LogP contribution is 2.20. The van der Waals surface area contributed by atoms with Gasteiger partial charge >= 0.3 is 0 Å². The van der Waals surface area contributed by atoms with Crippen LogP contribution in [0.15, 0.2) is 15.2 Å². The lowest BCUT2D eigenvalue weighted by Crippen LogP contribution is -2.23. The van der Waals surface area contributed by atoms with Gasteiger partial charge in [0.1, 0.15) is 0 Å². The summed E-state index contributed by atoms with van der Waals surface area (Å²) in [6.07, 6.45) is 0.969. The molecule has 12 heavy (non-hydrogen) atoms. The molecular weight excluding hydrogens is 238 g/mol. The van der Waals surface area contributed by atoms with E-state index in [0.717, 1.165) is 22.3 Å². The first-order valence-electron chi connectivity index (χ1n) is 3.76. The standard InChI is InChI=1S/C8H10BrNOS/c1-2-3-10-8(11)6-4-7(9)12-5-6/h4-5H,2-3H2,1H3,(H,10,11). The van der Waals surface area contributed by atoms with E-state index in [-0.39, 0.29) is 5.91 Å². The molecule has 0 aliphatic carbocycles. The van der Waals surface area contributed by atoms with Gasteiger partial charge in [-0.3, -0.25) is 4.79 Å². The minimum Gasteiger partial charge on any atom is -0.352 e. The molecule has 0 aliphatic heterocycles. The maximum Gasteiger partial charge on any atom is 0.252 e. The molecule has 0 atom stereocenters. The number of carbonyl (C=O) groups is 1. The number of nitrogens with one attached hydrogen (secondary N) is 1. The minimum atomic E-state index is 0.0128. The average Bonchev–Trinajstić information content (AvgIpc) is 2.47. The first-order chi connectivity index (χ1) is 5.74. The van der Waals surface area contributed by atoms with Crippen LogP contribution in [-0.2, 0) is 0 Å². The van der Waals surface area contributed by atoms with Crippen molar-refractivity contribution in [2.75, 3.05) is 6.54 Å². The third-order valence-electron chi connectivity index (χ3n) is 1.37. The van der Waals surface area contributed by atoms with E-state index >= 15 is 0 Å². The number of rotatable bonds is 3. The fourth-order valence-electron chi connectivity index (χ4n) is 0.770. The van der Waals surface area contributed by atoms with Crippen LogP contribution in [-0.4, -0.2) is 12.5 Å². The zero-order valence-corrected chi connectivity index (χ0v) is 9.17. The summed E-state index contributed by atoms with van der Waals surface area (Å²) in [5.41, 5.74) is 0.736.